The van der Waals surface area contributed by atoms with E-state index in [4.69, 9.17) is 10.5 Å². The van der Waals surface area contributed by atoms with Crippen molar-refractivity contribution in [1.29, 1.82) is 0 Å². The molecule has 112 valence electrons. The summed E-state index contributed by atoms with van der Waals surface area (Å²) in [5.74, 6) is -1.84. The SMILES string of the molecule is COc1ccc(N)cc1NS(=O)(=O)c1ccc(F)cc1F. The Bertz CT molecular complexity index is 779. The minimum Gasteiger partial charge on any atom is -0.495 e. The summed E-state index contributed by atoms with van der Waals surface area (Å²) in [6.45, 7) is 0. The third-order valence-electron chi connectivity index (χ3n) is 2.65. The molecule has 0 fully saturated rings. The van der Waals surface area contributed by atoms with Gasteiger partial charge >= 0.3 is 0 Å². The molecular weight excluding hydrogens is 302 g/mol. The molecule has 0 atom stereocenters. The van der Waals surface area contributed by atoms with Crippen LogP contribution in [0.25, 0.3) is 0 Å². The van der Waals surface area contributed by atoms with Crippen LogP contribution >= 0.6 is 0 Å². The van der Waals surface area contributed by atoms with Gasteiger partial charge in [0.15, 0.2) is 0 Å². The van der Waals surface area contributed by atoms with E-state index in [1.807, 2.05) is 0 Å². The zero-order valence-electron chi connectivity index (χ0n) is 10.9. The second kappa shape index (κ2) is 5.57. The number of ether oxygens (including phenoxy) is 1. The first-order chi connectivity index (χ1) is 9.83. The third kappa shape index (κ3) is 3.22. The Morgan fingerprint density at radius 3 is 2.48 bits per heavy atom. The molecule has 0 aliphatic rings. The van der Waals surface area contributed by atoms with Gasteiger partial charge in [-0.3, -0.25) is 4.72 Å². The minimum atomic E-state index is -4.24. The number of benzene rings is 2. The van der Waals surface area contributed by atoms with Gasteiger partial charge in [-0.25, -0.2) is 17.2 Å². The smallest absolute Gasteiger partial charge is 0.264 e. The lowest BCUT2D eigenvalue weighted by atomic mass is 10.2. The van der Waals surface area contributed by atoms with Gasteiger partial charge < -0.3 is 10.5 Å². The second-order valence-electron chi connectivity index (χ2n) is 4.14. The van der Waals surface area contributed by atoms with Crippen molar-refractivity contribution in [2.75, 3.05) is 17.6 Å². The predicted molar refractivity (Wildman–Crippen MR) is 74.6 cm³/mol. The summed E-state index contributed by atoms with van der Waals surface area (Å²) < 4.78 is 57.9. The molecule has 2 aromatic rings. The van der Waals surface area contributed by atoms with Crippen LogP contribution in [0.2, 0.25) is 0 Å². The number of sulfonamides is 1. The highest BCUT2D eigenvalue weighted by Gasteiger charge is 2.21. The van der Waals surface area contributed by atoms with E-state index in [9.17, 15) is 17.2 Å². The Morgan fingerprint density at radius 2 is 1.86 bits per heavy atom. The van der Waals surface area contributed by atoms with Gasteiger partial charge in [0.2, 0.25) is 0 Å². The summed E-state index contributed by atoms with van der Waals surface area (Å²) in [5.41, 5.74) is 5.93. The van der Waals surface area contributed by atoms with Gasteiger partial charge in [0.1, 0.15) is 22.3 Å². The lowest BCUT2D eigenvalue weighted by Crippen LogP contribution is -2.15. The number of anilines is 2. The maximum atomic E-state index is 13.6. The minimum absolute atomic E-state index is 0.0567. The standard InChI is InChI=1S/C13H12F2N2O3S/c1-20-12-4-3-9(16)7-11(12)17-21(18,19)13-5-2-8(14)6-10(13)15/h2-7,17H,16H2,1H3. The number of nitrogens with one attached hydrogen (secondary N) is 1. The van der Waals surface area contributed by atoms with E-state index in [1.165, 1.54) is 25.3 Å². The van der Waals surface area contributed by atoms with E-state index in [0.29, 0.717) is 11.8 Å². The monoisotopic (exact) mass is 314 g/mol. The molecule has 2 rings (SSSR count). The number of rotatable bonds is 4. The Hall–Kier alpha value is -2.35. The number of nitrogen functional groups attached to an aromatic ring is 1. The summed E-state index contributed by atoms with van der Waals surface area (Å²) in [4.78, 5) is -0.673. The molecule has 0 aromatic heterocycles. The molecule has 0 saturated carbocycles. The van der Waals surface area contributed by atoms with Crippen molar-refractivity contribution in [3.05, 3.63) is 48.0 Å². The largest absolute Gasteiger partial charge is 0.495 e. The van der Waals surface area contributed by atoms with Crippen LogP contribution in [0, 0.1) is 11.6 Å². The molecule has 0 unspecified atom stereocenters. The maximum absolute atomic E-state index is 13.6. The first kappa shape index (κ1) is 15.0. The van der Waals surface area contributed by atoms with Crippen molar-refractivity contribution >= 4 is 21.4 Å². The highest BCUT2D eigenvalue weighted by Crippen LogP contribution is 2.29. The maximum Gasteiger partial charge on any atom is 0.264 e. The van der Waals surface area contributed by atoms with E-state index < -0.39 is 26.6 Å². The molecule has 3 N–H and O–H groups in total. The van der Waals surface area contributed by atoms with Crippen molar-refractivity contribution in [2.45, 2.75) is 4.90 Å². The Kier molecular flexibility index (Phi) is 3.99. The molecule has 0 spiro atoms. The van der Waals surface area contributed by atoms with Crippen molar-refractivity contribution in [2.24, 2.45) is 0 Å². The van der Waals surface area contributed by atoms with Crippen LogP contribution in [0.5, 0.6) is 5.75 Å². The molecule has 0 heterocycles. The first-order valence-corrected chi connectivity index (χ1v) is 7.23. The van der Waals surface area contributed by atoms with E-state index in [1.54, 1.807) is 0 Å². The molecular formula is C13H12F2N2O3S. The molecule has 8 heteroatoms. The Balaban J connectivity index is 2.44. The quantitative estimate of drug-likeness (QED) is 0.849. The zero-order chi connectivity index (χ0) is 15.6. The molecule has 0 radical (unpaired) electrons. The summed E-state index contributed by atoms with van der Waals surface area (Å²) in [6, 6.07) is 6.51. The fourth-order valence-electron chi connectivity index (χ4n) is 1.70. The van der Waals surface area contributed by atoms with Crippen LogP contribution in [0.15, 0.2) is 41.3 Å². The molecule has 0 aliphatic heterocycles. The number of halogens is 2. The second-order valence-corrected chi connectivity index (χ2v) is 5.79. The van der Waals surface area contributed by atoms with Gasteiger partial charge in [-0.15, -0.1) is 0 Å². The normalized spacial score (nSPS) is 11.2. The molecule has 0 saturated heterocycles. The van der Waals surface area contributed by atoms with E-state index in [2.05, 4.69) is 4.72 Å². The molecule has 2 aromatic carbocycles. The van der Waals surface area contributed by atoms with Crippen LogP contribution in [0.3, 0.4) is 0 Å². The third-order valence-corrected chi connectivity index (χ3v) is 4.05. The predicted octanol–water partition coefficient (Wildman–Crippen LogP) is 2.36. The van der Waals surface area contributed by atoms with Gasteiger partial charge in [0.25, 0.3) is 10.0 Å². The molecule has 0 amide bonds. The van der Waals surface area contributed by atoms with Gasteiger partial charge in [-0.1, -0.05) is 0 Å². The van der Waals surface area contributed by atoms with Crippen LogP contribution in [0.1, 0.15) is 0 Å². The fourth-order valence-corrected chi connectivity index (χ4v) is 2.82. The van der Waals surface area contributed by atoms with Gasteiger partial charge in [-0.05, 0) is 30.3 Å². The first-order valence-electron chi connectivity index (χ1n) is 5.75. The lowest BCUT2D eigenvalue weighted by molar-refractivity contribution is 0.417. The molecule has 0 bridgehead atoms. The number of hydrogen-bond donors (Lipinski definition) is 2. The van der Waals surface area contributed by atoms with Crippen molar-refractivity contribution in [3.63, 3.8) is 0 Å². The van der Waals surface area contributed by atoms with Crippen LogP contribution < -0.4 is 15.2 Å². The summed E-state index contributed by atoms with van der Waals surface area (Å²) in [6.07, 6.45) is 0. The Morgan fingerprint density at radius 1 is 1.14 bits per heavy atom. The molecule has 0 aliphatic carbocycles. The average Bonchev–Trinajstić information content (AvgIpc) is 2.37. The average molecular weight is 314 g/mol. The van der Waals surface area contributed by atoms with Gasteiger partial charge in [-0.2, -0.15) is 0 Å². The molecule has 21 heavy (non-hydrogen) atoms. The van der Waals surface area contributed by atoms with Gasteiger partial charge in [0, 0.05) is 11.8 Å². The van der Waals surface area contributed by atoms with Crippen LogP contribution in [0.4, 0.5) is 20.2 Å². The number of methoxy groups -OCH3 is 1. The van der Waals surface area contributed by atoms with Gasteiger partial charge in [0.05, 0.1) is 12.8 Å². The topological polar surface area (TPSA) is 81.4 Å². The summed E-state index contributed by atoms with van der Waals surface area (Å²) in [7, 11) is -2.89. The van der Waals surface area contributed by atoms with Crippen molar-refractivity contribution < 1.29 is 21.9 Å². The zero-order valence-corrected chi connectivity index (χ0v) is 11.7. The van der Waals surface area contributed by atoms with E-state index in [0.717, 1.165) is 12.1 Å². The van der Waals surface area contributed by atoms with Crippen molar-refractivity contribution in [1.82, 2.24) is 0 Å². The molecule has 5 nitrogen and oxygen atoms in total. The Labute approximate surface area is 120 Å². The summed E-state index contributed by atoms with van der Waals surface area (Å²) in [5, 5.41) is 0. The lowest BCUT2D eigenvalue weighted by Gasteiger charge is -2.12. The van der Waals surface area contributed by atoms with E-state index in [-0.39, 0.29) is 11.4 Å². The summed E-state index contributed by atoms with van der Waals surface area (Å²) >= 11 is 0. The van der Waals surface area contributed by atoms with Crippen molar-refractivity contribution in [3.8, 4) is 5.75 Å². The highest BCUT2D eigenvalue weighted by atomic mass is 32.2. The van der Waals surface area contributed by atoms with E-state index >= 15 is 0 Å². The number of hydrogen-bond acceptors (Lipinski definition) is 4. The van der Waals surface area contributed by atoms with Crippen LogP contribution in [-0.2, 0) is 10.0 Å². The number of nitrogens with two attached hydrogens (primary N) is 1. The highest BCUT2D eigenvalue weighted by molar-refractivity contribution is 7.92. The van der Waals surface area contributed by atoms with Crippen LogP contribution in [-0.4, -0.2) is 15.5 Å². The fraction of sp³-hybridized carbons (Fsp3) is 0.0769.